The SMILES string of the molecule is CNC1CCC(C(C)=O)CN1. The molecule has 3 nitrogen and oxygen atoms in total. The first kappa shape index (κ1) is 8.68. The first-order valence-corrected chi connectivity index (χ1v) is 4.15. The van der Waals surface area contributed by atoms with E-state index < -0.39 is 0 Å². The smallest absolute Gasteiger partial charge is 0.134 e. The molecule has 2 N–H and O–H groups in total. The molecule has 0 bridgehead atoms. The maximum absolute atomic E-state index is 10.9. The highest BCUT2D eigenvalue weighted by Gasteiger charge is 2.21. The third-order valence-electron chi connectivity index (χ3n) is 2.34. The van der Waals surface area contributed by atoms with E-state index in [1.807, 2.05) is 7.05 Å². The molecule has 1 heterocycles. The quantitative estimate of drug-likeness (QED) is 0.596. The lowest BCUT2D eigenvalue weighted by Crippen LogP contribution is -2.47. The number of carbonyl (C=O) groups is 1. The molecule has 0 saturated carbocycles. The molecule has 0 amide bonds. The minimum atomic E-state index is 0.250. The Balaban J connectivity index is 2.30. The van der Waals surface area contributed by atoms with E-state index in [2.05, 4.69) is 10.6 Å². The van der Waals surface area contributed by atoms with Crippen LogP contribution in [0.15, 0.2) is 0 Å². The molecule has 11 heavy (non-hydrogen) atoms. The summed E-state index contributed by atoms with van der Waals surface area (Å²) in [5, 5.41) is 6.41. The maximum atomic E-state index is 10.9. The highest BCUT2D eigenvalue weighted by Crippen LogP contribution is 2.13. The van der Waals surface area contributed by atoms with Gasteiger partial charge in [-0.2, -0.15) is 0 Å². The van der Waals surface area contributed by atoms with Gasteiger partial charge >= 0.3 is 0 Å². The topological polar surface area (TPSA) is 41.1 Å². The van der Waals surface area contributed by atoms with Gasteiger partial charge in [0, 0.05) is 12.5 Å². The zero-order chi connectivity index (χ0) is 8.27. The van der Waals surface area contributed by atoms with E-state index in [1.165, 1.54) is 0 Å². The predicted octanol–water partition coefficient (Wildman–Crippen LogP) is 0.120. The Labute approximate surface area is 67.5 Å². The summed E-state index contributed by atoms with van der Waals surface area (Å²) >= 11 is 0. The molecule has 64 valence electrons. The molecule has 0 aliphatic carbocycles. The number of hydrogen-bond donors (Lipinski definition) is 2. The van der Waals surface area contributed by atoms with E-state index >= 15 is 0 Å². The van der Waals surface area contributed by atoms with Gasteiger partial charge < -0.3 is 10.6 Å². The summed E-state index contributed by atoms with van der Waals surface area (Å²) in [5.41, 5.74) is 0. The van der Waals surface area contributed by atoms with Crippen LogP contribution in [0.4, 0.5) is 0 Å². The third-order valence-corrected chi connectivity index (χ3v) is 2.34. The maximum Gasteiger partial charge on any atom is 0.134 e. The highest BCUT2D eigenvalue weighted by atomic mass is 16.1. The third kappa shape index (κ3) is 2.27. The number of nitrogens with one attached hydrogen (secondary N) is 2. The molecule has 0 radical (unpaired) electrons. The Morgan fingerprint density at radius 3 is 2.64 bits per heavy atom. The van der Waals surface area contributed by atoms with Crippen molar-refractivity contribution in [3.63, 3.8) is 0 Å². The molecule has 1 saturated heterocycles. The van der Waals surface area contributed by atoms with Gasteiger partial charge in [0.1, 0.15) is 5.78 Å². The number of ketones is 1. The average molecular weight is 156 g/mol. The van der Waals surface area contributed by atoms with Crippen molar-refractivity contribution in [2.24, 2.45) is 5.92 Å². The van der Waals surface area contributed by atoms with E-state index in [1.54, 1.807) is 6.92 Å². The normalized spacial score (nSPS) is 31.8. The van der Waals surface area contributed by atoms with Gasteiger partial charge in [0.25, 0.3) is 0 Å². The standard InChI is InChI=1S/C8H16N2O/c1-6(11)7-3-4-8(9-2)10-5-7/h7-10H,3-5H2,1-2H3. The summed E-state index contributed by atoms with van der Waals surface area (Å²) in [4.78, 5) is 10.9. The Kier molecular flexibility index (Phi) is 3.02. The van der Waals surface area contributed by atoms with Gasteiger partial charge in [-0.25, -0.2) is 0 Å². The van der Waals surface area contributed by atoms with Crippen molar-refractivity contribution >= 4 is 5.78 Å². The Morgan fingerprint density at radius 2 is 2.27 bits per heavy atom. The van der Waals surface area contributed by atoms with Gasteiger partial charge in [0.2, 0.25) is 0 Å². The van der Waals surface area contributed by atoms with Crippen LogP contribution >= 0.6 is 0 Å². The van der Waals surface area contributed by atoms with E-state index in [4.69, 9.17) is 0 Å². The van der Waals surface area contributed by atoms with Crippen molar-refractivity contribution in [1.29, 1.82) is 0 Å². The predicted molar refractivity (Wildman–Crippen MR) is 44.3 cm³/mol. The van der Waals surface area contributed by atoms with Crippen molar-refractivity contribution in [2.75, 3.05) is 13.6 Å². The monoisotopic (exact) mass is 156 g/mol. The van der Waals surface area contributed by atoms with Crippen LogP contribution in [0, 0.1) is 5.92 Å². The van der Waals surface area contributed by atoms with Gasteiger partial charge in [-0.15, -0.1) is 0 Å². The highest BCUT2D eigenvalue weighted by molar-refractivity contribution is 5.78. The second-order valence-corrected chi connectivity index (χ2v) is 3.13. The van der Waals surface area contributed by atoms with Crippen LogP contribution in [0.1, 0.15) is 19.8 Å². The molecule has 2 unspecified atom stereocenters. The van der Waals surface area contributed by atoms with Gasteiger partial charge in [-0.3, -0.25) is 4.79 Å². The van der Waals surface area contributed by atoms with Crippen LogP contribution in [-0.2, 0) is 4.79 Å². The van der Waals surface area contributed by atoms with E-state index in [0.29, 0.717) is 11.9 Å². The molecule has 0 aromatic carbocycles. The summed E-state index contributed by atoms with van der Waals surface area (Å²) in [6.45, 7) is 2.51. The fourth-order valence-corrected chi connectivity index (χ4v) is 1.45. The molecule has 3 heteroatoms. The molecule has 1 rings (SSSR count). The number of rotatable bonds is 2. The Bertz CT molecular complexity index is 139. The van der Waals surface area contributed by atoms with Crippen molar-refractivity contribution in [3.8, 4) is 0 Å². The van der Waals surface area contributed by atoms with Crippen LogP contribution in [-0.4, -0.2) is 25.5 Å². The molecule has 0 spiro atoms. The Hall–Kier alpha value is -0.410. The molecule has 0 aromatic rings. The summed E-state index contributed by atoms with van der Waals surface area (Å²) in [6.07, 6.45) is 2.49. The largest absolute Gasteiger partial charge is 0.305 e. The van der Waals surface area contributed by atoms with Crippen LogP contribution in [0.2, 0.25) is 0 Å². The Morgan fingerprint density at radius 1 is 1.55 bits per heavy atom. The van der Waals surface area contributed by atoms with Gasteiger partial charge in [0.05, 0.1) is 6.17 Å². The fraction of sp³-hybridized carbons (Fsp3) is 0.875. The van der Waals surface area contributed by atoms with Crippen molar-refractivity contribution < 1.29 is 4.79 Å². The molecule has 1 aliphatic heterocycles. The fourth-order valence-electron chi connectivity index (χ4n) is 1.45. The summed E-state index contributed by atoms with van der Waals surface area (Å²) in [5.74, 6) is 0.562. The minimum absolute atomic E-state index is 0.250. The average Bonchev–Trinajstić information content (AvgIpc) is 2.05. The minimum Gasteiger partial charge on any atom is -0.305 e. The van der Waals surface area contributed by atoms with Crippen molar-refractivity contribution in [1.82, 2.24) is 10.6 Å². The summed E-state index contributed by atoms with van der Waals surface area (Å²) in [6, 6.07) is 0. The van der Waals surface area contributed by atoms with Crippen molar-refractivity contribution in [3.05, 3.63) is 0 Å². The van der Waals surface area contributed by atoms with E-state index in [9.17, 15) is 4.79 Å². The zero-order valence-electron chi connectivity index (χ0n) is 7.18. The number of carbonyl (C=O) groups excluding carboxylic acids is 1. The number of hydrogen-bond acceptors (Lipinski definition) is 3. The van der Waals surface area contributed by atoms with E-state index in [0.717, 1.165) is 19.4 Å². The van der Waals surface area contributed by atoms with Crippen LogP contribution in [0.25, 0.3) is 0 Å². The van der Waals surface area contributed by atoms with Crippen LogP contribution in [0.3, 0.4) is 0 Å². The molecule has 2 atom stereocenters. The van der Waals surface area contributed by atoms with Crippen LogP contribution in [0.5, 0.6) is 0 Å². The zero-order valence-corrected chi connectivity index (χ0v) is 7.18. The van der Waals surface area contributed by atoms with E-state index in [-0.39, 0.29) is 5.92 Å². The second kappa shape index (κ2) is 3.83. The lowest BCUT2D eigenvalue weighted by molar-refractivity contribution is -0.121. The number of piperidine rings is 1. The lowest BCUT2D eigenvalue weighted by Gasteiger charge is -2.27. The first-order chi connectivity index (χ1) is 5.24. The molecular formula is C8H16N2O. The van der Waals surface area contributed by atoms with Gasteiger partial charge in [-0.1, -0.05) is 0 Å². The summed E-state index contributed by atoms with van der Waals surface area (Å²) < 4.78 is 0. The van der Waals surface area contributed by atoms with Crippen LogP contribution < -0.4 is 10.6 Å². The lowest BCUT2D eigenvalue weighted by atomic mass is 9.94. The first-order valence-electron chi connectivity index (χ1n) is 4.15. The molecule has 1 aliphatic rings. The van der Waals surface area contributed by atoms with Crippen molar-refractivity contribution in [2.45, 2.75) is 25.9 Å². The second-order valence-electron chi connectivity index (χ2n) is 3.13. The molecule has 0 aromatic heterocycles. The van der Waals surface area contributed by atoms with Gasteiger partial charge in [0.15, 0.2) is 0 Å². The van der Waals surface area contributed by atoms with Gasteiger partial charge in [-0.05, 0) is 26.8 Å². The molecule has 1 fully saturated rings. The number of Topliss-reactive ketones (excluding diaryl/α,β-unsaturated/α-hetero) is 1. The molecular weight excluding hydrogens is 140 g/mol. The summed E-state index contributed by atoms with van der Waals surface area (Å²) in [7, 11) is 1.94.